The minimum Gasteiger partial charge on any atom is -0.355 e. The standard InChI is InChI=1S/C17H27BrN4OS.HI/c1-12(24-14-8-6-13(18)7-9-14)10-20-16(19-5)21-11-15(23)22-17(2,3)4;/h6-9,12H,10-11H2,1-5H3,(H,22,23)(H2,19,20,21);1H. The number of rotatable bonds is 6. The smallest absolute Gasteiger partial charge is 0.239 e. The second kappa shape index (κ2) is 12.0. The monoisotopic (exact) mass is 542 g/mol. The molecule has 0 radical (unpaired) electrons. The SMILES string of the molecule is CN=C(NCC(=O)NC(C)(C)C)NCC(C)Sc1ccc(Br)cc1.I. The summed E-state index contributed by atoms with van der Waals surface area (Å²) in [6.45, 7) is 8.97. The molecule has 142 valence electrons. The lowest BCUT2D eigenvalue weighted by molar-refractivity contribution is -0.121. The number of hydrogen-bond donors (Lipinski definition) is 3. The molecule has 0 fully saturated rings. The van der Waals surface area contributed by atoms with E-state index in [0.717, 1.165) is 11.0 Å². The van der Waals surface area contributed by atoms with Crippen LogP contribution < -0.4 is 16.0 Å². The highest BCUT2D eigenvalue weighted by Gasteiger charge is 2.14. The van der Waals surface area contributed by atoms with Crippen molar-refractivity contribution in [1.82, 2.24) is 16.0 Å². The highest BCUT2D eigenvalue weighted by Crippen LogP contribution is 2.24. The van der Waals surface area contributed by atoms with Gasteiger partial charge in [0, 0.05) is 33.7 Å². The van der Waals surface area contributed by atoms with Crippen LogP contribution in [0, 0.1) is 0 Å². The lowest BCUT2D eigenvalue weighted by Crippen LogP contribution is -2.48. The van der Waals surface area contributed by atoms with Gasteiger partial charge < -0.3 is 16.0 Å². The fourth-order valence-corrected chi connectivity index (χ4v) is 3.06. The summed E-state index contributed by atoms with van der Waals surface area (Å²) < 4.78 is 1.08. The van der Waals surface area contributed by atoms with Crippen LogP contribution in [0.3, 0.4) is 0 Å². The average molecular weight is 543 g/mol. The third kappa shape index (κ3) is 11.7. The molecule has 1 unspecified atom stereocenters. The number of carbonyl (C=O) groups excluding carboxylic acids is 1. The van der Waals surface area contributed by atoms with Crippen LogP contribution >= 0.6 is 51.7 Å². The summed E-state index contributed by atoms with van der Waals surface area (Å²) in [5.41, 5.74) is -0.231. The lowest BCUT2D eigenvalue weighted by atomic mass is 10.1. The largest absolute Gasteiger partial charge is 0.355 e. The Kier molecular flexibility index (Phi) is 11.8. The molecule has 5 nitrogen and oxygen atoms in total. The number of nitrogens with one attached hydrogen (secondary N) is 3. The summed E-state index contributed by atoms with van der Waals surface area (Å²) in [6, 6.07) is 8.26. The predicted molar refractivity (Wildman–Crippen MR) is 122 cm³/mol. The quantitative estimate of drug-likeness (QED) is 0.222. The first kappa shape index (κ1) is 24.5. The minimum absolute atomic E-state index is 0. The van der Waals surface area contributed by atoms with Crippen LogP contribution in [0.5, 0.6) is 0 Å². The van der Waals surface area contributed by atoms with Gasteiger partial charge in [-0.2, -0.15) is 0 Å². The Morgan fingerprint density at radius 1 is 1.24 bits per heavy atom. The zero-order valence-corrected chi connectivity index (χ0v) is 20.1. The Bertz CT molecular complexity index is 561. The van der Waals surface area contributed by atoms with Crippen LogP contribution in [0.25, 0.3) is 0 Å². The van der Waals surface area contributed by atoms with Crippen molar-refractivity contribution in [2.45, 2.75) is 43.4 Å². The van der Waals surface area contributed by atoms with Crippen LogP contribution in [-0.4, -0.2) is 42.8 Å². The second-order valence-electron chi connectivity index (χ2n) is 6.49. The Balaban J connectivity index is 0.00000576. The van der Waals surface area contributed by atoms with Gasteiger partial charge in [-0.05, 0) is 45.0 Å². The Labute approximate surface area is 180 Å². The van der Waals surface area contributed by atoms with E-state index in [-0.39, 0.29) is 42.0 Å². The van der Waals surface area contributed by atoms with Gasteiger partial charge in [0.25, 0.3) is 0 Å². The first-order valence-corrected chi connectivity index (χ1v) is 9.54. The highest BCUT2D eigenvalue weighted by molar-refractivity contribution is 14.0. The number of nitrogens with zero attached hydrogens (tertiary/aromatic N) is 1. The van der Waals surface area contributed by atoms with Crippen molar-refractivity contribution < 1.29 is 4.79 Å². The zero-order valence-electron chi connectivity index (χ0n) is 15.4. The number of amides is 1. The molecule has 0 saturated carbocycles. The van der Waals surface area contributed by atoms with Crippen molar-refractivity contribution >= 4 is 63.5 Å². The van der Waals surface area contributed by atoms with Crippen LogP contribution in [0.4, 0.5) is 0 Å². The summed E-state index contributed by atoms with van der Waals surface area (Å²) in [7, 11) is 1.70. The third-order valence-electron chi connectivity index (χ3n) is 2.86. The van der Waals surface area contributed by atoms with Gasteiger partial charge in [0.05, 0.1) is 6.54 Å². The molecule has 0 bridgehead atoms. The molecule has 1 rings (SSSR count). The van der Waals surface area contributed by atoms with Gasteiger partial charge in [0.15, 0.2) is 5.96 Å². The number of carbonyl (C=O) groups is 1. The second-order valence-corrected chi connectivity index (χ2v) is 8.91. The van der Waals surface area contributed by atoms with Gasteiger partial charge >= 0.3 is 0 Å². The molecule has 3 N–H and O–H groups in total. The first-order valence-electron chi connectivity index (χ1n) is 7.87. The van der Waals surface area contributed by atoms with E-state index >= 15 is 0 Å². The summed E-state index contributed by atoms with van der Waals surface area (Å²) >= 11 is 5.23. The third-order valence-corrected chi connectivity index (χ3v) is 4.50. The molecule has 8 heteroatoms. The number of aliphatic imine (C=N–C) groups is 1. The molecule has 1 amide bonds. The molecule has 25 heavy (non-hydrogen) atoms. The highest BCUT2D eigenvalue weighted by atomic mass is 127. The van der Waals surface area contributed by atoms with Crippen LogP contribution in [-0.2, 0) is 4.79 Å². The van der Waals surface area contributed by atoms with Gasteiger partial charge in [-0.3, -0.25) is 9.79 Å². The zero-order chi connectivity index (χ0) is 18.2. The first-order chi connectivity index (χ1) is 11.2. The van der Waals surface area contributed by atoms with E-state index in [2.05, 4.69) is 55.9 Å². The predicted octanol–water partition coefficient (Wildman–Crippen LogP) is 3.63. The molecule has 1 aromatic carbocycles. The summed E-state index contributed by atoms with van der Waals surface area (Å²) in [5, 5.41) is 9.55. The fraction of sp³-hybridized carbons (Fsp3) is 0.529. The van der Waals surface area contributed by atoms with Crippen molar-refractivity contribution in [2.75, 3.05) is 20.1 Å². The van der Waals surface area contributed by atoms with Gasteiger partial charge in [0.2, 0.25) is 5.91 Å². The molecule has 0 aromatic heterocycles. The maximum atomic E-state index is 11.8. The normalized spacial score (nSPS) is 12.8. The van der Waals surface area contributed by atoms with Crippen LogP contribution in [0.15, 0.2) is 38.6 Å². The van der Waals surface area contributed by atoms with E-state index in [1.807, 2.05) is 32.9 Å². The molecule has 0 aliphatic rings. The van der Waals surface area contributed by atoms with E-state index in [0.29, 0.717) is 11.2 Å². The maximum Gasteiger partial charge on any atom is 0.239 e. The molecule has 0 aliphatic carbocycles. The Hall–Kier alpha value is -0.480. The Morgan fingerprint density at radius 3 is 2.36 bits per heavy atom. The van der Waals surface area contributed by atoms with E-state index in [1.165, 1.54) is 4.90 Å². The van der Waals surface area contributed by atoms with Crippen molar-refractivity contribution in [1.29, 1.82) is 0 Å². The minimum atomic E-state index is -0.231. The lowest BCUT2D eigenvalue weighted by Gasteiger charge is -2.21. The molecule has 0 aliphatic heterocycles. The van der Waals surface area contributed by atoms with E-state index in [9.17, 15) is 4.79 Å². The Morgan fingerprint density at radius 2 is 1.84 bits per heavy atom. The summed E-state index contributed by atoms with van der Waals surface area (Å²) in [5.74, 6) is 0.574. The number of benzene rings is 1. The van der Waals surface area contributed by atoms with Gasteiger partial charge in [0.1, 0.15) is 0 Å². The summed E-state index contributed by atoms with van der Waals surface area (Å²) in [4.78, 5) is 17.2. The summed E-state index contributed by atoms with van der Waals surface area (Å²) in [6.07, 6.45) is 0. The van der Waals surface area contributed by atoms with E-state index in [1.54, 1.807) is 18.8 Å². The molecule has 1 atom stereocenters. The topological polar surface area (TPSA) is 65.5 Å². The molecule has 1 aromatic rings. The molecule has 0 saturated heterocycles. The number of hydrogen-bond acceptors (Lipinski definition) is 3. The number of guanidine groups is 1. The van der Waals surface area contributed by atoms with E-state index in [4.69, 9.17) is 0 Å². The van der Waals surface area contributed by atoms with Gasteiger partial charge in [-0.25, -0.2) is 0 Å². The molecular formula is C17H28BrIN4OS. The molecular weight excluding hydrogens is 515 g/mol. The number of halogens is 2. The van der Waals surface area contributed by atoms with Crippen molar-refractivity contribution in [2.24, 2.45) is 4.99 Å². The van der Waals surface area contributed by atoms with Gasteiger partial charge in [-0.15, -0.1) is 35.7 Å². The van der Waals surface area contributed by atoms with E-state index < -0.39 is 0 Å². The van der Waals surface area contributed by atoms with Crippen LogP contribution in [0.2, 0.25) is 0 Å². The fourth-order valence-electron chi connectivity index (χ4n) is 1.87. The maximum absolute atomic E-state index is 11.8. The average Bonchev–Trinajstić information content (AvgIpc) is 2.48. The molecule has 0 heterocycles. The molecule has 0 spiro atoms. The van der Waals surface area contributed by atoms with Gasteiger partial charge in [-0.1, -0.05) is 22.9 Å². The van der Waals surface area contributed by atoms with Crippen molar-refractivity contribution in [3.63, 3.8) is 0 Å². The van der Waals surface area contributed by atoms with Crippen LogP contribution in [0.1, 0.15) is 27.7 Å². The number of thioether (sulfide) groups is 1. The van der Waals surface area contributed by atoms with Crippen molar-refractivity contribution in [3.05, 3.63) is 28.7 Å². The van der Waals surface area contributed by atoms with Crippen molar-refractivity contribution in [3.8, 4) is 0 Å².